The number of hydrogen-bond acceptors (Lipinski definition) is 4. The average molecular weight is 389 g/mol. The van der Waals surface area contributed by atoms with Gasteiger partial charge in [0.2, 0.25) is 5.91 Å². The number of carbonyl (C=O) groups excluding carboxylic acids is 2. The molecule has 2 saturated heterocycles. The van der Waals surface area contributed by atoms with Crippen molar-refractivity contribution in [2.24, 2.45) is 11.8 Å². The zero-order chi connectivity index (χ0) is 20.2. The summed E-state index contributed by atoms with van der Waals surface area (Å²) in [6.45, 7) is 1.59. The van der Waals surface area contributed by atoms with Crippen molar-refractivity contribution in [2.75, 3.05) is 13.1 Å². The number of benzene rings is 2. The lowest BCUT2D eigenvalue weighted by atomic mass is 9.80. The summed E-state index contributed by atoms with van der Waals surface area (Å²) in [5.74, 6) is -0.0755. The van der Waals surface area contributed by atoms with Gasteiger partial charge >= 0.3 is 0 Å². The minimum absolute atomic E-state index is 0.0426. The Hall–Kier alpha value is -3.33. The number of likely N-dealkylation sites (tertiary alicyclic amines) is 1. The lowest BCUT2D eigenvalue weighted by Crippen LogP contribution is -2.57. The van der Waals surface area contributed by atoms with Gasteiger partial charge in [-0.25, -0.2) is 0 Å². The summed E-state index contributed by atoms with van der Waals surface area (Å²) in [5.41, 5.74) is 1.66. The van der Waals surface area contributed by atoms with Crippen LogP contribution in [0.4, 0.5) is 0 Å². The van der Waals surface area contributed by atoms with Gasteiger partial charge in [-0.1, -0.05) is 36.4 Å². The molecule has 3 unspecified atom stereocenters. The lowest BCUT2D eigenvalue weighted by molar-refractivity contribution is -0.128. The van der Waals surface area contributed by atoms with E-state index in [4.69, 9.17) is 10.00 Å². The maximum atomic E-state index is 13.0. The number of piperidine rings is 2. The zero-order valence-electron chi connectivity index (χ0n) is 16.1. The van der Waals surface area contributed by atoms with E-state index in [0.717, 1.165) is 5.56 Å². The molecule has 0 aromatic heterocycles. The molecular weight excluding hydrogens is 366 g/mol. The molecule has 1 N–H and O–H groups in total. The van der Waals surface area contributed by atoms with Gasteiger partial charge in [-0.2, -0.15) is 5.26 Å². The second-order valence-electron chi connectivity index (χ2n) is 7.63. The van der Waals surface area contributed by atoms with E-state index >= 15 is 0 Å². The minimum Gasteiger partial charge on any atom is -0.489 e. The molecule has 6 heteroatoms. The van der Waals surface area contributed by atoms with Gasteiger partial charge in [0.05, 0.1) is 6.07 Å². The van der Waals surface area contributed by atoms with Gasteiger partial charge in [0.1, 0.15) is 18.3 Å². The summed E-state index contributed by atoms with van der Waals surface area (Å²) in [6, 6.07) is 19.2. The second kappa shape index (κ2) is 8.36. The highest BCUT2D eigenvalue weighted by Gasteiger charge is 2.40. The van der Waals surface area contributed by atoms with Crippen LogP contribution in [0, 0.1) is 23.2 Å². The fourth-order valence-electron chi connectivity index (χ4n) is 4.09. The van der Waals surface area contributed by atoms with E-state index in [2.05, 4.69) is 11.4 Å². The van der Waals surface area contributed by atoms with Crippen LogP contribution < -0.4 is 10.1 Å². The Morgan fingerprint density at radius 2 is 2.03 bits per heavy atom. The Bertz CT molecular complexity index is 938. The van der Waals surface area contributed by atoms with Crippen LogP contribution in [-0.2, 0) is 11.4 Å². The number of ether oxygens (including phenoxy) is 1. The van der Waals surface area contributed by atoms with E-state index in [9.17, 15) is 9.59 Å². The number of nitrogens with zero attached hydrogens (tertiary/aromatic N) is 2. The predicted molar refractivity (Wildman–Crippen MR) is 107 cm³/mol. The predicted octanol–water partition coefficient (Wildman–Crippen LogP) is 2.76. The van der Waals surface area contributed by atoms with Crippen molar-refractivity contribution >= 4 is 11.8 Å². The van der Waals surface area contributed by atoms with Gasteiger partial charge in [0.25, 0.3) is 5.91 Å². The van der Waals surface area contributed by atoms with E-state index in [-0.39, 0.29) is 23.8 Å². The SMILES string of the molecule is N#CC1CC2CN(C(=O)c3cccc(OCc4ccccc4)c3)CCC2NC1=O. The third-order valence-electron chi connectivity index (χ3n) is 5.69. The van der Waals surface area contributed by atoms with Gasteiger partial charge in [0, 0.05) is 24.7 Å². The largest absolute Gasteiger partial charge is 0.489 e. The quantitative estimate of drug-likeness (QED) is 0.872. The number of fused-ring (bicyclic) bond motifs is 1. The molecule has 2 aromatic rings. The van der Waals surface area contributed by atoms with Crippen LogP contribution in [0.3, 0.4) is 0 Å². The fourth-order valence-corrected chi connectivity index (χ4v) is 4.09. The van der Waals surface area contributed by atoms with Crippen molar-refractivity contribution in [1.29, 1.82) is 5.26 Å². The molecule has 6 nitrogen and oxygen atoms in total. The van der Waals surface area contributed by atoms with E-state index in [1.807, 2.05) is 47.4 Å². The van der Waals surface area contributed by atoms with Crippen molar-refractivity contribution in [3.05, 3.63) is 65.7 Å². The standard InChI is InChI=1S/C23H23N3O3/c24-13-18-11-19-14-26(10-9-21(19)25-22(18)27)23(28)17-7-4-8-20(12-17)29-15-16-5-2-1-3-6-16/h1-8,12,18-19,21H,9-11,14-15H2,(H,25,27). The molecular formula is C23H23N3O3. The molecule has 29 heavy (non-hydrogen) atoms. The summed E-state index contributed by atoms with van der Waals surface area (Å²) in [5, 5.41) is 12.1. The van der Waals surface area contributed by atoms with Gasteiger partial charge in [-0.3, -0.25) is 9.59 Å². The molecule has 2 aliphatic heterocycles. The summed E-state index contributed by atoms with van der Waals surface area (Å²) in [4.78, 5) is 26.7. The average Bonchev–Trinajstić information content (AvgIpc) is 2.77. The molecule has 4 rings (SSSR count). The van der Waals surface area contributed by atoms with Crippen molar-refractivity contribution in [2.45, 2.75) is 25.5 Å². The maximum Gasteiger partial charge on any atom is 0.253 e. The third kappa shape index (κ3) is 4.24. The molecule has 0 radical (unpaired) electrons. The molecule has 2 heterocycles. The Morgan fingerprint density at radius 1 is 1.21 bits per heavy atom. The summed E-state index contributed by atoms with van der Waals surface area (Å²) in [6.07, 6.45) is 1.22. The van der Waals surface area contributed by atoms with Crippen molar-refractivity contribution in [3.63, 3.8) is 0 Å². The van der Waals surface area contributed by atoms with Crippen molar-refractivity contribution < 1.29 is 14.3 Å². The number of nitriles is 1. The van der Waals surface area contributed by atoms with E-state index in [0.29, 0.717) is 43.9 Å². The summed E-state index contributed by atoms with van der Waals surface area (Å²) in [7, 11) is 0. The van der Waals surface area contributed by atoms with Crippen LogP contribution in [0.15, 0.2) is 54.6 Å². The van der Waals surface area contributed by atoms with Crippen LogP contribution >= 0.6 is 0 Å². The molecule has 0 spiro atoms. The zero-order valence-corrected chi connectivity index (χ0v) is 16.1. The number of rotatable bonds is 4. The number of carbonyl (C=O) groups is 2. The Balaban J connectivity index is 1.41. The van der Waals surface area contributed by atoms with Gasteiger partial charge < -0.3 is 15.0 Å². The van der Waals surface area contributed by atoms with Gasteiger partial charge in [-0.05, 0) is 42.5 Å². The van der Waals surface area contributed by atoms with Crippen LogP contribution in [0.1, 0.15) is 28.8 Å². The van der Waals surface area contributed by atoms with Crippen LogP contribution in [0.2, 0.25) is 0 Å². The normalized spacial score (nSPS) is 23.5. The number of amides is 2. The number of nitrogens with one attached hydrogen (secondary N) is 1. The Labute approximate surface area is 170 Å². The van der Waals surface area contributed by atoms with Crippen LogP contribution in [0.25, 0.3) is 0 Å². The summed E-state index contributed by atoms with van der Waals surface area (Å²) >= 11 is 0. The molecule has 148 valence electrons. The summed E-state index contributed by atoms with van der Waals surface area (Å²) < 4.78 is 5.84. The van der Waals surface area contributed by atoms with Crippen LogP contribution in [-0.4, -0.2) is 35.8 Å². The highest BCUT2D eigenvalue weighted by molar-refractivity contribution is 5.94. The first-order valence-corrected chi connectivity index (χ1v) is 9.90. The molecule has 2 amide bonds. The first-order chi connectivity index (χ1) is 14.1. The van der Waals surface area contributed by atoms with Crippen molar-refractivity contribution in [3.8, 4) is 11.8 Å². The smallest absolute Gasteiger partial charge is 0.253 e. The molecule has 0 bridgehead atoms. The second-order valence-corrected chi connectivity index (χ2v) is 7.63. The fraction of sp³-hybridized carbons (Fsp3) is 0.348. The number of hydrogen-bond donors (Lipinski definition) is 1. The van der Waals surface area contributed by atoms with Crippen LogP contribution in [0.5, 0.6) is 5.75 Å². The van der Waals surface area contributed by atoms with Crippen molar-refractivity contribution in [1.82, 2.24) is 10.2 Å². The first kappa shape index (κ1) is 19.0. The molecule has 2 fully saturated rings. The molecule has 0 saturated carbocycles. The van der Waals surface area contributed by atoms with Gasteiger partial charge in [-0.15, -0.1) is 0 Å². The highest BCUT2D eigenvalue weighted by atomic mass is 16.5. The Kier molecular flexibility index (Phi) is 5.48. The van der Waals surface area contributed by atoms with E-state index in [1.54, 1.807) is 12.1 Å². The van der Waals surface area contributed by atoms with Gasteiger partial charge in [0.15, 0.2) is 0 Å². The topological polar surface area (TPSA) is 82.4 Å². The van der Waals surface area contributed by atoms with E-state index in [1.165, 1.54) is 0 Å². The monoisotopic (exact) mass is 389 g/mol. The highest BCUT2D eigenvalue weighted by Crippen LogP contribution is 2.29. The Morgan fingerprint density at radius 3 is 2.83 bits per heavy atom. The lowest BCUT2D eigenvalue weighted by Gasteiger charge is -2.42. The third-order valence-corrected chi connectivity index (χ3v) is 5.69. The molecule has 0 aliphatic carbocycles. The molecule has 2 aliphatic rings. The minimum atomic E-state index is -0.624. The molecule has 3 atom stereocenters. The molecule has 2 aromatic carbocycles. The maximum absolute atomic E-state index is 13.0. The first-order valence-electron chi connectivity index (χ1n) is 9.90. The van der Waals surface area contributed by atoms with E-state index < -0.39 is 5.92 Å².